The van der Waals surface area contributed by atoms with Gasteiger partial charge >= 0.3 is 0 Å². The maximum atomic E-state index is 4.66. The molecular weight excluding hydrogens is 314 g/mol. The van der Waals surface area contributed by atoms with Crippen LogP contribution in [-0.4, -0.2) is 6.54 Å². The fraction of sp³-hybridized carbons (Fsp3) is 0.440. The minimum absolute atomic E-state index is 0.0749. The summed E-state index contributed by atoms with van der Waals surface area (Å²) in [5.74, 6) is 0.544. The van der Waals surface area contributed by atoms with Crippen molar-refractivity contribution in [3.8, 4) is 0 Å². The third kappa shape index (κ3) is 2.44. The molecule has 0 aromatic heterocycles. The van der Waals surface area contributed by atoms with Crippen LogP contribution in [0, 0.1) is 11.3 Å². The van der Waals surface area contributed by atoms with E-state index in [1.807, 2.05) is 0 Å². The molecular formula is C25H31N. The quantitative estimate of drug-likeness (QED) is 0.549. The van der Waals surface area contributed by atoms with E-state index in [-0.39, 0.29) is 5.41 Å². The smallest absolute Gasteiger partial charge is 0.0327 e. The maximum Gasteiger partial charge on any atom is 0.0327 e. The molecule has 1 aliphatic heterocycles. The first-order chi connectivity index (χ1) is 12.5. The first-order valence-corrected chi connectivity index (χ1v) is 10.1. The van der Waals surface area contributed by atoms with E-state index in [0.717, 1.165) is 32.2 Å². The summed E-state index contributed by atoms with van der Waals surface area (Å²) in [5, 5.41) is 3.68. The second kappa shape index (κ2) is 6.30. The molecule has 1 N–H and O–H groups in total. The van der Waals surface area contributed by atoms with Crippen molar-refractivity contribution in [3.05, 3.63) is 81.7 Å². The van der Waals surface area contributed by atoms with E-state index in [2.05, 4.69) is 70.0 Å². The zero-order valence-corrected chi connectivity index (χ0v) is 16.7. The molecule has 3 aliphatic carbocycles. The molecule has 4 aliphatic rings. The molecule has 0 amide bonds. The van der Waals surface area contributed by atoms with Crippen molar-refractivity contribution in [2.75, 3.05) is 6.54 Å². The van der Waals surface area contributed by atoms with Crippen molar-refractivity contribution in [2.45, 2.75) is 53.4 Å². The zero-order chi connectivity index (χ0) is 18.5. The fourth-order valence-electron chi connectivity index (χ4n) is 5.56. The number of nitrogens with one attached hydrogen (secondary N) is 1. The first-order valence-electron chi connectivity index (χ1n) is 10.1. The number of rotatable bonds is 1. The molecule has 1 heterocycles. The van der Waals surface area contributed by atoms with E-state index >= 15 is 0 Å². The van der Waals surface area contributed by atoms with Gasteiger partial charge < -0.3 is 5.32 Å². The summed E-state index contributed by atoms with van der Waals surface area (Å²) in [6.07, 6.45) is 16.0. The van der Waals surface area contributed by atoms with Crippen LogP contribution in [0.2, 0.25) is 0 Å². The summed E-state index contributed by atoms with van der Waals surface area (Å²) in [7, 11) is 0. The van der Waals surface area contributed by atoms with Crippen LogP contribution in [0.4, 0.5) is 0 Å². The van der Waals surface area contributed by atoms with Gasteiger partial charge in [-0.25, -0.2) is 0 Å². The van der Waals surface area contributed by atoms with Crippen LogP contribution < -0.4 is 5.32 Å². The number of fused-ring (bicyclic) bond motifs is 3. The van der Waals surface area contributed by atoms with Gasteiger partial charge in [-0.05, 0) is 78.9 Å². The Balaban J connectivity index is 1.95. The topological polar surface area (TPSA) is 12.0 Å². The van der Waals surface area contributed by atoms with Gasteiger partial charge in [0.15, 0.2) is 0 Å². The Hall–Kier alpha value is -2.02. The molecule has 0 saturated heterocycles. The summed E-state index contributed by atoms with van der Waals surface area (Å²) in [6.45, 7) is 14.9. The third-order valence-corrected chi connectivity index (χ3v) is 6.68. The van der Waals surface area contributed by atoms with Gasteiger partial charge in [-0.2, -0.15) is 0 Å². The van der Waals surface area contributed by atoms with Gasteiger partial charge in [0.2, 0.25) is 0 Å². The van der Waals surface area contributed by atoms with E-state index in [0.29, 0.717) is 5.92 Å². The van der Waals surface area contributed by atoms with Crippen molar-refractivity contribution in [3.63, 3.8) is 0 Å². The molecule has 2 bridgehead atoms. The molecule has 0 saturated carbocycles. The Morgan fingerprint density at radius 1 is 1.27 bits per heavy atom. The van der Waals surface area contributed by atoms with Gasteiger partial charge in [0.05, 0.1) is 0 Å². The molecule has 1 heteroatoms. The monoisotopic (exact) mass is 345 g/mol. The molecule has 1 unspecified atom stereocenters. The van der Waals surface area contributed by atoms with Gasteiger partial charge in [-0.3, -0.25) is 0 Å². The largest absolute Gasteiger partial charge is 0.385 e. The Morgan fingerprint density at radius 3 is 2.85 bits per heavy atom. The van der Waals surface area contributed by atoms with Crippen molar-refractivity contribution in [2.24, 2.45) is 11.3 Å². The molecule has 0 aromatic rings. The molecule has 26 heavy (non-hydrogen) atoms. The van der Waals surface area contributed by atoms with Crippen molar-refractivity contribution < 1.29 is 0 Å². The Kier molecular flexibility index (Phi) is 4.22. The van der Waals surface area contributed by atoms with Crippen LogP contribution in [-0.2, 0) is 0 Å². The number of hydrogen-bond donors (Lipinski definition) is 1. The number of allylic oxidation sites excluding steroid dienone is 12. The third-order valence-electron chi connectivity index (χ3n) is 6.68. The van der Waals surface area contributed by atoms with Crippen LogP contribution in [0.15, 0.2) is 81.7 Å². The maximum absolute atomic E-state index is 4.66. The van der Waals surface area contributed by atoms with Crippen LogP contribution in [0.25, 0.3) is 0 Å². The average Bonchev–Trinajstić information content (AvgIpc) is 2.58. The van der Waals surface area contributed by atoms with Crippen LogP contribution >= 0.6 is 0 Å². The Morgan fingerprint density at radius 2 is 2.08 bits per heavy atom. The Bertz CT molecular complexity index is 849. The lowest BCUT2D eigenvalue weighted by Crippen LogP contribution is -2.35. The first kappa shape index (κ1) is 17.4. The lowest BCUT2D eigenvalue weighted by atomic mass is 9.57. The highest BCUT2D eigenvalue weighted by atomic mass is 14.9. The van der Waals surface area contributed by atoms with Gasteiger partial charge in [-0.15, -0.1) is 0 Å². The van der Waals surface area contributed by atoms with Crippen molar-refractivity contribution >= 4 is 0 Å². The highest BCUT2D eigenvalue weighted by Crippen LogP contribution is 2.57. The molecule has 136 valence electrons. The molecule has 1 nitrogen and oxygen atoms in total. The van der Waals surface area contributed by atoms with Crippen LogP contribution in [0.5, 0.6) is 0 Å². The summed E-state index contributed by atoms with van der Waals surface area (Å²) >= 11 is 0. The van der Waals surface area contributed by atoms with Gasteiger partial charge in [0.25, 0.3) is 0 Å². The summed E-state index contributed by atoms with van der Waals surface area (Å²) in [5.41, 5.74) is 11.8. The molecule has 1 atom stereocenters. The molecule has 4 rings (SSSR count). The second-order valence-electron chi connectivity index (χ2n) is 8.54. The van der Waals surface area contributed by atoms with E-state index in [9.17, 15) is 0 Å². The van der Waals surface area contributed by atoms with Gasteiger partial charge in [-0.1, -0.05) is 56.4 Å². The summed E-state index contributed by atoms with van der Waals surface area (Å²) in [4.78, 5) is 0. The zero-order valence-electron chi connectivity index (χ0n) is 16.7. The van der Waals surface area contributed by atoms with E-state index in [1.165, 1.54) is 33.6 Å². The lowest BCUT2D eigenvalue weighted by molar-refractivity contribution is 0.461. The average molecular weight is 346 g/mol. The molecule has 0 aromatic carbocycles. The minimum Gasteiger partial charge on any atom is -0.385 e. The van der Waals surface area contributed by atoms with Gasteiger partial charge in [0.1, 0.15) is 0 Å². The van der Waals surface area contributed by atoms with E-state index < -0.39 is 0 Å². The summed E-state index contributed by atoms with van der Waals surface area (Å²) < 4.78 is 0. The summed E-state index contributed by atoms with van der Waals surface area (Å²) in [6, 6.07) is 0. The molecule has 0 radical (unpaired) electrons. The highest BCUT2D eigenvalue weighted by Gasteiger charge is 2.44. The minimum atomic E-state index is 0.0749. The SMILES string of the molecule is C=C1C2=C(CCC=C2/C=C\C)C(C)(C)C2=C1C1CC=CCNC(=C2C)C1. The normalized spacial score (nSPS) is 27.8. The molecule has 0 fully saturated rings. The van der Waals surface area contributed by atoms with Crippen LogP contribution in [0.1, 0.15) is 53.4 Å². The van der Waals surface area contributed by atoms with Crippen molar-refractivity contribution in [1.82, 2.24) is 5.32 Å². The standard InChI is InChI=1S/C25H31N/c1-6-10-18-12-9-13-20-22(18)17(3)23-19-11-7-8-14-26-21(15-19)16(2)24(23)25(20,4)5/h6-8,10,12,19,26H,3,9,11,13-15H2,1-2,4-5H3/b8-7?,10-6-. The molecule has 0 spiro atoms. The lowest BCUT2D eigenvalue weighted by Gasteiger charge is -2.47. The van der Waals surface area contributed by atoms with E-state index in [4.69, 9.17) is 0 Å². The van der Waals surface area contributed by atoms with Crippen molar-refractivity contribution in [1.29, 1.82) is 0 Å². The predicted molar refractivity (Wildman–Crippen MR) is 112 cm³/mol. The van der Waals surface area contributed by atoms with E-state index in [1.54, 1.807) is 11.1 Å². The highest BCUT2D eigenvalue weighted by molar-refractivity contribution is 5.71. The van der Waals surface area contributed by atoms with Gasteiger partial charge in [0, 0.05) is 17.7 Å². The second-order valence-corrected chi connectivity index (χ2v) is 8.54. The predicted octanol–water partition coefficient (Wildman–Crippen LogP) is 6.32. The fourth-order valence-corrected chi connectivity index (χ4v) is 5.56. The number of hydrogen-bond acceptors (Lipinski definition) is 1. The van der Waals surface area contributed by atoms with Crippen LogP contribution in [0.3, 0.4) is 0 Å². The Labute approximate surface area is 158 Å².